The van der Waals surface area contributed by atoms with Crippen molar-refractivity contribution in [2.45, 2.75) is 58.8 Å². The molecule has 8 nitrogen and oxygen atoms in total. The van der Waals surface area contributed by atoms with Gasteiger partial charge in [-0.25, -0.2) is 4.39 Å². The van der Waals surface area contributed by atoms with Crippen LogP contribution in [0, 0.1) is 19.7 Å². The number of ether oxygens (including phenoxy) is 1. The standard InChI is InChI=1S/C26H32FN5O3S/c1-6-32-23(13-28-24(33)14-35-22-12-17(4)10-11-19(22)16(2)3)30-31-26(32)36-15-25(34)29-21-9-7-8-20(27)18(21)5/h7-12,16H,6,13-15H2,1-5H3,(H,28,33)(H,29,34). The second-order valence-electron chi connectivity index (χ2n) is 8.65. The second-order valence-corrected chi connectivity index (χ2v) is 9.60. The fourth-order valence-corrected chi connectivity index (χ4v) is 4.37. The Morgan fingerprint density at radius 3 is 2.64 bits per heavy atom. The van der Waals surface area contributed by atoms with Crippen molar-refractivity contribution in [1.82, 2.24) is 20.1 Å². The van der Waals surface area contributed by atoms with Crippen molar-refractivity contribution >= 4 is 29.3 Å². The molecule has 36 heavy (non-hydrogen) atoms. The zero-order valence-electron chi connectivity index (χ0n) is 21.2. The van der Waals surface area contributed by atoms with E-state index in [0.29, 0.717) is 34.5 Å². The third-order valence-electron chi connectivity index (χ3n) is 5.58. The normalized spacial score (nSPS) is 11.0. The maximum absolute atomic E-state index is 13.7. The molecular formula is C26H32FN5O3S. The summed E-state index contributed by atoms with van der Waals surface area (Å²) in [6.07, 6.45) is 0. The van der Waals surface area contributed by atoms with Crippen molar-refractivity contribution < 1.29 is 18.7 Å². The number of hydrogen-bond acceptors (Lipinski definition) is 6. The van der Waals surface area contributed by atoms with E-state index in [1.54, 1.807) is 19.1 Å². The first kappa shape index (κ1) is 27.2. The molecule has 0 saturated carbocycles. The Labute approximate surface area is 215 Å². The quantitative estimate of drug-likeness (QED) is 0.364. The third kappa shape index (κ3) is 7.07. The number of rotatable bonds is 11. The van der Waals surface area contributed by atoms with Gasteiger partial charge < -0.3 is 19.9 Å². The number of amides is 2. The van der Waals surface area contributed by atoms with E-state index >= 15 is 0 Å². The lowest BCUT2D eigenvalue weighted by atomic mass is 10.0. The van der Waals surface area contributed by atoms with Crippen LogP contribution in [0.2, 0.25) is 0 Å². The number of nitrogens with one attached hydrogen (secondary N) is 2. The van der Waals surface area contributed by atoms with E-state index in [4.69, 9.17) is 4.74 Å². The van der Waals surface area contributed by atoms with Crippen molar-refractivity contribution in [2.75, 3.05) is 17.7 Å². The number of thioether (sulfide) groups is 1. The van der Waals surface area contributed by atoms with Crippen LogP contribution in [-0.2, 0) is 22.7 Å². The molecule has 0 bridgehead atoms. The van der Waals surface area contributed by atoms with Gasteiger partial charge in [-0.15, -0.1) is 10.2 Å². The van der Waals surface area contributed by atoms with Crippen LogP contribution in [-0.4, -0.2) is 38.9 Å². The second kappa shape index (κ2) is 12.5. The van der Waals surface area contributed by atoms with Crippen LogP contribution in [0.25, 0.3) is 0 Å². The number of nitrogens with zero attached hydrogens (tertiary/aromatic N) is 3. The summed E-state index contributed by atoms with van der Waals surface area (Å²) >= 11 is 1.22. The molecule has 3 aromatic rings. The number of aryl methyl sites for hydroxylation is 1. The first-order valence-electron chi connectivity index (χ1n) is 11.8. The number of halogens is 1. The monoisotopic (exact) mass is 513 g/mol. The summed E-state index contributed by atoms with van der Waals surface area (Å²) in [4.78, 5) is 24.8. The molecule has 192 valence electrons. The summed E-state index contributed by atoms with van der Waals surface area (Å²) in [5.41, 5.74) is 2.94. The maximum atomic E-state index is 13.7. The molecule has 0 unspecified atom stereocenters. The Balaban J connectivity index is 1.53. The van der Waals surface area contributed by atoms with Crippen LogP contribution in [0.3, 0.4) is 0 Å². The van der Waals surface area contributed by atoms with Crippen LogP contribution < -0.4 is 15.4 Å². The van der Waals surface area contributed by atoms with Crippen molar-refractivity contribution in [3.8, 4) is 5.75 Å². The van der Waals surface area contributed by atoms with Gasteiger partial charge in [-0.05, 0) is 56.0 Å². The molecule has 0 radical (unpaired) electrons. The summed E-state index contributed by atoms with van der Waals surface area (Å²) in [5, 5.41) is 14.4. The zero-order chi connectivity index (χ0) is 26.2. The molecule has 0 aliphatic carbocycles. The van der Waals surface area contributed by atoms with Gasteiger partial charge >= 0.3 is 0 Å². The molecular weight excluding hydrogens is 481 g/mol. The largest absolute Gasteiger partial charge is 0.483 e. The number of benzene rings is 2. The lowest BCUT2D eigenvalue weighted by Crippen LogP contribution is -2.29. The Hall–Kier alpha value is -3.40. The van der Waals surface area contributed by atoms with Crippen molar-refractivity contribution in [3.63, 3.8) is 0 Å². The summed E-state index contributed by atoms with van der Waals surface area (Å²) in [6.45, 7) is 10.3. The Kier molecular flexibility index (Phi) is 9.46. The number of carbonyl (C=O) groups is 2. The third-order valence-corrected chi connectivity index (χ3v) is 6.54. The van der Waals surface area contributed by atoms with E-state index in [9.17, 15) is 14.0 Å². The van der Waals surface area contributed by atoms with Gasteiger partial charge in [0.2, 0.25) is 5.91 Å². The number of aromatic nitrogens is 3. The molecule has 0 saturated heterocycles. The topological polar surface area (TPSA) is 98.1 Å². The summed E-state index contributed by atoms with van der Waals surface area (Å²) < 4.78 is 21.3. The van der Waals surface area contributed by atoms with Gasteiger partial charge in [0, 0.05) is 17.8 Å². The van der Waals surface area contributed by atoms with Gasteiger partial charge in [0.05, 0.1) is 12.3 Å². The van der Waals surface area contributed by atoms with Crippen LogP contribution in [0.5, 0.6) is 5.75 Å². The van der Waals surface area contributed by atoms with E-state index in [2.05, 4.69) is 34.7 Å². The molecule has 1 heterocycles. The summed E-state index contributed by atoms with van der Waals surface area (Å²) in [6, 6.07) is 10.5. The number of carbonyl (C=O) groups excluding carboxylic acids is 2. The highest BCUT2D eigenvalue weighted by Crippen LogP contribution is 2.27. The van der Waals surface area contributed by atoms with Gasteiger partial charge in [0.1, 0.15) is 11.6 Å². The number of hydrogen-bond donors (Lipinski definition) is 2. The van der Waals surface area contributed by atoms with E-state index in [1.807, 2.05) is 36.6 Å². The highest BCUT2D eigenvalue weighted by atomic mass is 32.2. The molecule has 2 aromatic carbocycles. The van der Waals surface area contributed by atoms with E-state index < -0.39 is 0 Å². The fraction of sp³-hybridized carbons (Fsp3) is 0.385. The molecule has 0 spiro atoms. The highest BCUT2D eigenvalue weighted by molar-refractivity contribution is 7.99. The molecule has 2 N–H and O–H groups in total. The van der Waals surface area contributed by atoms with Crippen LogP contribution >= 0.6 is 11.8 Å². The average Bonchev–Trinajstić information content (AvgIpc) is 3.24. The summed E-state index contributed by atoms with van der Waals surface area (Å²) in [7, 11) is 0. The molecule has 0 fully saturated rings. The Morgan fingerprint density at radius 1 is 1.14 bits per heavy atom. The smallest absolute Gasteiger partial charge is 0.258 e. The Morgan fingerprint density at radius 2 is 1.92 bits per heavy atom. The van der Waals surface area contributed by atoms with Crippen LogP contribution in [0.4, 0.5) is 10.1 Å². The number of anilines is 1. The summed E-state index contributed by atoms with van der Waals surface area (Å²) in [5.74, 6) is 0.739. The first-order chi connectivity index (χ1) is 17.2. The van der Waals surface area contributed by atoms with Gasteiger partial charge in [0.15, 0.2) is 17.6 Å². The van der Waals surface area contributed by atoms with Crippen LogP contribution in [0.1, 0.15) is 49.2 Å². The average molecular weight is 514 g/mol. The molecule has 10 heteroatoms. The molecule has 1 aromatic heterocycles. The molecule has 0 atom stereocenters. The van der Waals surface area contributed by atoms with Gasteiger partial charge in [-0.3, -0.25) is 9.59 Å². The van der Waals surface area contributed by atoms with Gasteiger partial charge in [-0.2, -0.15) is 0 Å². The van der Waals surface area contributed by atoms with E-state index in [-0.39, 0.29) is 42.5 Å². The first-order valence-corrected chi connectivity index (χ1v) is 12.8. The lowest BCUT2D eigenvalue weighted by Gasteiger charge is -2.15. The highest BCUT2D eigenvalue weighted by Gasteiger charge is 2.16. The fourth-order valence-electron chi connectivity index (χ4n) is 3.55. The molecule has 0 aliphatic rings. The minimum atomic E-state index is -0.373. The van der Waals surface area contributed by atoms with Gasteiger partial charge in [-0.1, -0.05) is 43.8 Å². The lowest BCUT2D eigenvalue weighted by molar-refractivity contribution is -0.123. The van der Waals surface area contributed by atoms with E-state index in [1.165, 1.54) is 17.8 Å². The minimum absolute atomic E-state index is 0.0863. The zero-order valence-corrected chi connectivity index (χ0v) is 22.0. The van der Waals surface area contributed by atoms with Crippen molar-refractivity contribution in [3.05, 3.63) is 64.7 Å². The van der Waals surface area contributed by atoms with Crippen LogP contribution in [0.15, 0.2) is 41.6 Å². The maximum Gasteiger partial charge on any atom is 0.258 e. The molecule has 2 amide bonds. The molecule has 3 rings (SSSR count). The molecule has 0 aliphatic heterocycles. The predicted octanol–water partition coefficient (Wildman–Crippen LogP) is 4.60. The predicted molar refractivity (Wildman–Crippen MR) is 139 cm³/mol. The minimum Gasteiger partial charge on any atom is -0.483 e. The van der Waals surface area contributed by atoms with E-state index in [0.717, 1.165) is 11.1 Å². The van der Waals surface area contributed by atoms with Gasteiger partial charge in [0.25, 0.3) is 5.91 Å². The Bertz CT molecular complexity index is 1230. The SMILES string of the molecule is CCn1c(CNC(=O)COc2cc(C)ccc2C(C)C)nnc1SCC(=O)Nc1cccc(F)c1C. The van der Waals surface area contributed by atoms with Crippen molar-refractivity contribution in [1.29, 1.82) is 0 Å². The van der Waals surface area contributed by atoms with Crippen molar-refractivity contribution in [2.24, 2.45) is 0 Å².